The molecule has 2 aromatic rings. The van der Waals surface area contributed by atoms with Crippen molar-refractivity contribution < 1.29 is 28.2 Å². The number of anilines is 1. The molecule has 7 heteroatoms. The Morgan fingerprint density at radius 3 is 2.46 bits per heavy atom. The third-order valence-corrected chi connectivity index (χ3v) is 3.11. The van der Waals surface area contributed by atoms with Crippen LogP contribution in [0, 0.1) is 5.82 Å². The molecule has 0 saturated carbocycles. The van der Waals surface area contributed by atoms with E-state index in [4.69, 9.17) is 14.2 Å². The number of methoxy groups -OCH3 is 2. The molecule has 0 aliphatic carbocycles. The van der Waals surface area contributed by atoms with Crippen molar-refractivity contribution in [3.05, 3.63) is 53.8 Å². The van der Waals surface area contributed by atoms with Crippen molar-refractivity contribution in [2.75, 3.05) is 26.1 Å². The first-order valence-electron chi connectivity index (χ1n) is 6.99. The van der Waals surface area contributed by atoms with Crippen LogP contribution in [0.2, 0.25) is 0 Å². The van der Waals surface area contributed by atoms with Gasteiger partial charge in [-0.25, -0.2) is 9.18 Å². The fourth-order valence-corrected chi connectivity index (χ4v) is 2.01. The fourth-order valence-electron chi connectivity index (χ4n) is 2.01. The quantitative estimate of drug-likeness (QED) is 0.823. The van der Waals surface area contributed by atoms with Gasteiger partial charge in [-0.05, 0) is 24.3 Å². The van der Waals surface area contributed by atoms with Crippen LogP contribution in [0.4, 0.5) is 10.1 Å². The first-order chi connectivity index (χ1) is 11.6. The molecule has 0 fully saturated rings. The lowest BCUT2D eigenvalue weighted by Gasteiger charge is -2.12. The summed E-state index contributed by atoms with van der Waals surface area (Å²) in [5, 5.41) is 2.32. The van der Waals surface area contributed by atoms with Gasteiger partial charge >= 0.3 is 5.97 Å². The van der Waals surface area contributed by atoms with E-state index in [1.807, 2.05) is 0 Å². The maximum atomic E-state index is 13.4. The summed E-state index contributed by atoms with van der Waals surface area (Å²) in [5.41, 5.74) is 0.132. The lowest BCUT2D eigenvalue weighted by Crippen LogP contribution is -2.21. The number of benzene rings is 2. The van der Waals surface area contributed by atoms with Crippen LogP contribution < -0.4 is 14.8 Å². The van der Waals surface area contributed by atoms with Gasteiger partial charge in [0, 0.05) is 0 Å². The molecule has 6 nitrogen and oxygen atoms in total. The highest BCUT2D eigenvalue weighted by Gasteiger charge is 2.18. The van der Waals surface area contributed by atoms with Crippen LogP contribution in [0.1, 0.15) is 10.4 Å². The Balaban J connectivity index is 2.01. The average Bonchev–Trinajstić information content (AvgIpc) is 2.60. The van der Waals surface area contributed by atoms with Crippen LogP contribution in [0.5, 0.6) is 11.5 Å². The molecule has 1 N–H and O–H groups in total. The fraction of sp³-hybridized carbons (Fsp3) is 0.176. The van der Waals surface area contributed by atoms with E-state index in [-0.39, 0.29) is 17.0 Å². The van der Waals surface area contributed by atoms with Crippen LogP contribution in [-0.2, 0) is 9.53 Å². The van der Waals surface area contributed by atoms with Crippen molar-refractivity contribution in [1.82, 2.24) is 0 Å². The predicted octanol–water partition coefficient (Wildman–Crippen LogP) is 2.64. The van der Waals surface area contributed by atoms with Gasteiger partial charge in [-0.1, -0.05) is 18.2 Å². The lowest BCUT2D eigenvalue weighted by atomic mass is 10.2. The van der Waals surface area contributed by atoms with Crippen molar-refractivity contribution in [3.8, 4) is 11.5 Å². The van der Waals surface area contributed by atoms with Crippen molar-refractivity contribution in [2.24, 2.45) is 0 Å². The number of nitrogens with one attached hydrogen (secondary N) is 1. The maximum Gasteiger partial charge on any atom is 0.342 e. The molecule has 1 amide bonds. The minimum absolute atomic E-state index is 0.0116. The summed E-state index contributed by atoms with van der Waals surface area (Å²) < 4.78 is 28.6. The minimum Gasteiger partial charge on any atom is -0.493 e. The molecule has 0 spiro atoms. The molecule has 0 bridgehead atoms. The Morgan fingerprint density at radius 2 is 1.79 bits per heavy atom. The van der Waals surface area contributed by atoms with E-state index in [1.54, 1.807) is 18.2 Å². The molecule has 0 aliphatic heterocycles. The van der Waals surface area contributed by atoms with Crippen molar-refractivity contribution in [3.63, 3.8) is 0 Å². The van der Waals surface area contributed by atoms with Gasteiger partial charge in [0.25, 0.3) is 5.91 Å². The van der Waals surface area contributed by atoms with Gasteiger partial charge in [0.2, 0.25) is 0 Å². The van der Waals surface area contributed by atoms with Gasteiger partial charge in [0.1, 0.15) is 11.4 Å². The normalized spacial score (nSPS) is 9.96. The molecule has 0 unspecified atom stereocenters. The molecule has 0 aromatic heterocycles. The van der Waals surface area contributed by atoms with Gasteiger partial charge in [0.05, 0.1) is 19.9 Å². The summed E-state index contributed by atoms with van der Waals surface area (Å²) in [6.45, 7) is -0.562. The van der Waals surface area contributed by atoms with E-state index in [1.165, 1.54) is 38.5 Å². The van der Waals surface area contributed by atoms with E-state index >= 15 is 0 Å². The Labute approximate surface area is 138 Å². The van der Waals surface area contributed by atoms with Gasteiger partial charge in [-0.2, -0.15) is 0 Å². The topological polar surface area (TPSA) is 73.9 Å². The number of para-hydroxylation sites is 2. The molecular formula is C17H16FNO5. The molecule has 126 valence electrons. The molecule has 0 saturated heterocycles. The Morgan fingerprint density at radius 1 is 1.04 bits per heavy atom. The molecule has 0 atom stereocenters. The number of amides is 1. The number of carbonyl (C=O) groups is 2. The number of ether oxygens (including phenoxy) is 3. The smallest absolute Gasteiger partial charge is 0.342 e. The number of rotatable bonds is 6. The van der Waals surface area contributed by atoms with Gasteiger partial charge < -0.3 is 19.5 Å². The molecule has 0 radical (unpaired) electrons. The average molecular weight is 333 g/mol. The van der Waals surface area contributed by atoms with E-state index in [0.717, 1.165) is 0 Å². The Hall–Kier alpha value is -3.09. The van der Waals surface area contributed by atoms with Crippen LogP contribution in [0.15, 0.2) is 42.5 Å². The second-order valence-corrected chi connectivity index (χ2v) is 4.65. The van der Waals surface area contributed by atoms with Crippen LogP contribution in [-0.4, -0.2) is 32.7 Å². The van der Waals surface area contributed by atoms with Crippen molar-refractivity contribution >= 4 is 17.6 Å². The number of esters is 1. The third-order valence-electron chi connectivity index (χ3n) is 3.11. The second-order valence-electron chi connectivity index (χ2n) is 4.65. The lowest BCUT2D eigenvalue weighted by molar-refractivity contribution is -0.119. The van der Waals surface area contributed by atoms with E-state index in [0.29, 0.717) is 5.75 Å². The first kappa shape index (κ1) is 17.3. The molecule has 0 aliphatic rings. The molecule has 2 aromatic carbocycles. The first-order valence-corrected chi connectivity index (χ1v) is 6.99. The molecule has 0 heterocycles. The maximum absolute atomic E-state index is 13.4. The van der Waals surface area contributed by atoms with E-state index in [9.17, 15) is 14.0 Å². The highest BCUT2D eigenvalue weighted by atomic mass is 19.1. The zero-order valence-corrected chi connectivity index (χ0v) is 13.2. The summed E-state index contributed by atoms with van der Waals surface area (Å²) in [4.78, 5) is 23.9. The molecule has 2 rings (SSSR count). The summed E-state index contributed by atoms with van der Waals surface area (Å²) in [6.07, 6.45) is 0. The van der Waals surface area contributed by atoms with Gasteiger partial charge in [-0.15, -0.1) is 0 Å². The molecular weight excluding hydrogens is 317 g/mol. The van der Waals surface area contributed by atoms with Gasteiger partial charge in [-0.3, -0.25) is 4.79 Å². The third kappa shape index (κ3) is 4.01. The van der Waals surface area contributed by atoms with Crippen molar-refractivity contribution in [1.29, 1.82) is 0 Å². The zero-order valence-electron chi connectivity index (χ0n) is 13.2. The largest absolute Gasteiger partial charge is 0.493 e. The Kier molecular flexibility index (Phi) is 5.73. The standard InChI is InChI=1S/C17H16FNO5/c1-22-14-9-5-6-11(16(14)23-2)17(21)24-10-15(20)19-13-8-4-3-7-12(13)18/h3-9H,10H2,1-2H3,(H,19,20). The number of halogens is 1. The van der Waals surface area contributed by atoms with E-state index in [2.05, 4.69) is 5.32 Å². The van der Waals surface area contributed by atoms with E-state index < -0.39 is 24.3 Å². The van der Waals surface area contributed by atoms with Crippen LogP contribution in [0.25, 0.3) is 0 Å². The number of hydrogen-bond donors (Lipinski definition) is 1. The van der Waals surface area contributed by atoms with Crippen LogP contribution >= 0.6 is 0 Å². The highest BCUT2D eigenvalue weighted by molar-refractivity contribution is 5.97. The van der Waals surface area contributed by atoms with Crippen LogP contribution in [0.3, 0.4) is 0 Å². The highest BCUT2D eigenvalue weighted by Crippen LogP contribution is 2.31. The van der Waals surface area contributed by atoms with Gasteiger partial charge in [0.15, 0.2) is 18.1 Å². The SMILES string of the molecule is COc1cccc(C(=O)OCC(=O)Nc2ccccc2F)c1OC. The summed E-state index contributed by atoms with van der Waals surface area (Å²) in [7, 11) is 2.83. The summed E-state index contributed by atoms with van der Waals surface area (Å²) >= 11 is 0. The predicted molar refractivity (Wildman–Crippen MR) is 84.9 cm³/mol. The monoisotopic (exact) mass is 333 g/mol. The number of carbonyl (C=O) groups excluding carboxylic acids is 2. The molecule has 24 heavy (non-hydrogen) atoms. The summed E-state index contributed by atoms with van der Waals surface area (Å²) in [6, 6.07) is 10.4. The second kappa shape index (κ2) is 7.96. The Bertz CT molecular complexity index is 748. The summed E-state index contributed by atoms with van der Waals surface area (Å²) in [5.74, 6) is -1.42. The number of hydrogen-bond acceptors (Lipinski definition) is 5. The zero-order chi connectivity index (χ0) is 17.5. The van der Waals surface area contributed by atoms with Crippen molar-refractivity contribution in [2.45, 2.75) is 0 Å². The minimum atomic E-state index is -0.755.